The topological polar surface area (TPSA) is 39.7 Å². The zero-order valence-corrected chi connectivity index (χ0v) is 11.7. The van der Waals surface area contributed by atoms with Gasteiger partial charge in [-0.15, -0.1) is 0 Å². The van der Waals surface area contributed by atoms with E-state index < -0.39 is 0 Å². The SMILES string of the molecule is CCCCNCc1cc(OC)c(OC)cc1OC. The van der Waals surface area contributed by atoms with Crippen molar-refractivity contribution in [2.45, 2.75) is 26.3 Å². The van der Waals surface area contributed by atoms with Crippen LogP contribution in [0.25, 0.3) is 0 Å². The van der Waals surface area contributed by atoms with Crippen molar-refractivity contribution in [3.63, 3.8) is 0 Å². The minimum absolute atomic E-state index is 0.687. The van der Waals surface area contributed by atoms with Crippen LogP contribution in [0.5, 0.6) is 17.2 Å². The Kier molecular flexibility index (Phi) is 6.36. The summed E-state index contributed by atoms with van der Waals surface area (Å²) in [4.78, 5) is 0. The second-order valence-electron chi connectivity index (χ2n) is 4.05. The van der Waals surface area contributed by atoms with Gasteiger partial charge in [-0.2, -0.15) is 0 Å². The normalized spacial score (nSPS) is 10.2. The highest BCUT2D eigenvalue weighted by molar-refractivity contribution is 5.50. The van der Waals surface area contributed by atoms with E-state index in [1.165, 1.54) is 12.8 Å². The van der Waals surface area contributed by atoms with Crippen molar-refractivity contribution in [3.05, 3.63) is 17.7 Å². The summed E-state index contributed by atoms with van der Waals surface area (Å²) in [7, 11) is 4.92. The van der Waals surface area contributed by atoms with Crippen LogP contribution in [0.15, 0.2) is 12.1 Å². The lowest BCUT2D eigenvalue weighted by molar-refractivity contribution is 0.347. The fourth-order valence-corrected chi connectivity index (χ4v) is 1.76. The number of nitrogens with one attached hydrogen (secondary N) is 1. The molecule has 1 aromatic carbocycles. The molecule has 1 N–H and O–H groups in total. The molecule has 1 rings (SSSR count). The monoisotopic (exact) mass is 253 g/mol. The van der Waals surface area contributed by atoms with E-state index in [1.807, 2.05) is 12.1 Å². The van der Waals surface area contributed by atoms with Crippen LogP contribution in [0.3, 0.4) is 0 Å². The fourth-order valence-electron chi connectivity index (χ4n) is 1.76. The lowest BCUT2D eigenvalue weighted by Gasteiger charge is -2.14. The molecule has 0 atom stereocenters. The summed E-state index contributed by atoms with van der Waals surface area (Å²) in [6.07, 6.45) is 2.37. The minimum Gasteiger partial charge on any atom is -0.496 e. The zero-order chi connectivity index (χ0) is 13.4. The highest BCUT2D eigenvalue weighted by atomic mass is 16.5. The van der Waals surface area contributed by atoms with Crippen molar-refractivity contribution < 1.29 is 14.2 Å². The third-order valence-electron chi connectivity index (χ3n) is 2.81. The Bertz CT molecular complexity index is 366. The molecule has 0 saturated carbocycles. The third-order valence-corrected chi connectivity index (χ3v) is 2.81. The van der Waals surface area contributed by atoms with Gasteiger partial charge in [0.25, 0.3) is 0 Å². The van der Waals surface area contributed by atoms with Gasteiger partial charge in [0.05, 0.1) is 21.3 Å². The van der Waals surface area contributed by atoms with E-state index in [9.17, 15) is 0 Å². The predicted molar refractivity (Wildman–Crippen MR) is 72.7 cm³/mol. The van der Waals surface area contributed by atoms with Crippen LogP contribution in [0.4, 0.5) is 0 Å². The maximum absolute atomic E-state index is 5.37. The van der Waals surface area contributed by atoms with Gasteiger partial charge in [0.2, 0.25) is 0 Å². The molecular weight excluding hydrogens is 230 g/mol. The van der Waals surface area contributed by atoms with Gasteiger partial charge in [0.15, 0.2) is 11.5 Å². The fraction of sp³-hybridized carbons (Fsp3) is 0.571. The molecule has 4 nitrogen and oxygen atoms in total. The van der Waals surface area contributed by atoms with Crippen molar-refractivity contribution in [3.8, 4) is 17.2 Å². The van der Waals surface area contributed by atoms with Crippen molar-refractivity contribution in [2.75, 3.05) is 27.9 Å². The quantitative estimate of drug-likeness (QED) is 0.723. The Morgan fingerprint density at radius 2 is 1.56 bits per heavy atom. The maximum atomic E-state index is 5.37. The van der Waals surface area contributed by atoms with Gasteiger partial charge in [-0.25, -0.2) is 0 Å². The van der Waals surface area contributed by atoms with Gasteiger partial charge < -0.3 is 19.5 Å². The first-order valence-corrected chi connectivity index (χ1v) is 6.26. The largest absolute Gasteiger partial charge is 0.496 e. The summed E-state index contributed by atoms with van der Waals surface area (Å²) in [6.45, 7) is 3.95. The Labute approximate surface area is 109 Å². The van der Waals surface area contributed by atoms with Crippen molar-refractivity contribution in [2.24, 2.45) is 0 Å². The van der Waals surface area contributed by atoms with E-state index in [0.29, 0.717) is 5.75 Å². The molecule has 0 amide bonds. The van der Waals surface area contributed by atoms with Crippen LogP contribution in [-0.2, 0) is 6.54 Å². The lowest BCUT2D eigenvalue weighted by Crippen LogP contribution is -2.15. The van der Waals surface area contributed by atoms with E-state index in [0.717, 1.165) is 30.2 Å². The van der Waals surface area contributed by atoms with Gasteiger partial charge in [-0.3, -0.25) is 0 Å². The summed E-state index contributed by atoms with van der Waals surface area (Å²) in [5.74, 6) is 2.23. The highest BCUT2D eigenvalue weighted by Crippen LogP contribution is 2.34. The molecule has 0 aliphatic rings. The summed E-state index contributed by atoms with van der Waals surface area (Å²) in [5.41, 5.74) is 1.08. The number of hydrogen-bond donors (Lipinski definition) is 1. The van der Waals surface area contributed by atoms with E-state index in [4.69, 9.17) is 14.2 Å². The molecule has 102 valence electrons. The standard InChI is InChI=1S/C14H23NO3/c1-5-6-7-15-10-11-8-13(17-3)14(18-4)9-12(11)16-2/h8-9,15H,5-7,10H2,1-4H3. The van der Waals surface area contributed by atoms with E-state index in [2.05, 4.69) is 12.2 Å². The Morgan fingerprint density at radius 3 is 2.11 bits per heavy atom. The van der Waals surface area contributed by atoms with Gasteiger partial charge in [-0.1, -0.05) is 13.3 Å². The van der Waals surface area contributed by atoms with Gasteiger partial charge in [0, 0.05) is 18.2 Å². The molecule has 18 heavy (non-hydrogen) atoms. The molecule has 0 heterocycles. The minimum atomic E-state index is 0.687. The molecule has 0 saturated heterocycles. The van der Waals surface area contributed by atoms with E-state index in [1.54, 1.807) is 21.3 Å². The molecule has 0 aliphatic heterocycles. The van der Waals surface area contributed by atoms with Crippen molar-refractivity contribution in [1.82, 2.24) is 5.32 Å². The third kappa shape index (κ3) is 3.81. The molecule has 0 bridgehead atoms. The van der Waals surface area contributed by atoms with Crippen molar-refractivity contribution in [1.29, 1.82) is 0 Å². The van der Waals surface area contributed by atoms with Crippen LogP contribution in [-0.4, -0.2) is 27.9 Å². The van der Waals surface area contributed by atoms with Crippen LogP contribution in [0.2, 0.25) is 0 Å². The number of unbranched alkanes of at least 4 members (excludes halogenated alkanes) is 1. The first-order chi connectivity index (χ1) is 8.76. The Balaban J connectivity index is 2.81. The Morgan fingerprint density at radius 1 is 0.944 bits per heavy atom. The lowest BCUT2D eigenvalue weighted by atomic mass is 10.1. The Hall–Kier alpha value is -1.42. The van der Waals surface area contributed by atoms with Crippen molar-refractivity contribution >= 4 is 0 Å². The average Bonchev–Trinajstić information content (AvgIpc) is 2.42. The molecule has 0 unspecified atom stereocenters. The molecule has 0 aromatic heterocycles. The highest BCUT2D eigenvalue weighted by Gasteiger charge is 2.11. The number of ether oxygens (including phenoxy) is 3. The average molecular weight is 253 g/mol. The smallest absolute Gasteiger partial charge is 0.164 e. The molecule has 0 fully saturated rings. The second kappa shape index (κ2) is 7.82. The zero-order valence-electron chi connectivity index (χ0n) is 11.7. The summed E-state index contributed by atoms with van der Waals surface area (Å²) in [6, 6.07) is 3.81. The van der Waals surface area contributed by atoms with Gasteiger partial charge in [0.1, 0.15) is 5.75 Å². The summed E-state index contributed by atoms with van der Waals surface area (Å²) in [5, 5.41) is 3.39. The van der Waals surface area contributed by atoms with Crippen LogP contribution in [0, 0.1) is 0 Å². The first kappa shape index (κ1) is 14.6. The molecule has 0 radical (unpaired) electrons. The predicted octanol–water partition coefficient (Wildman–Crippen LogP) is 2.60. The molecule has 0 spiro atoms. The van der Waals surface area contributed by atoms with Crippen LogP contribution in [0.1, 0.15) is 25.3 Å². The molecule has 4 heteroatoms. The van der Waals surface area contributed by atoms with Crippen LogP contribution >= 0.6 is 0 Å². The number of hydrogen-bond acceptors (Lipinski definition) is 4. The van der Waals surface area contributed by atoms with Crippen LogP contribution < -0.4 is 19.5 Å². The number of methoxy groups -OCH3 is 3. The summed E-state index contributed by atoms with van der Waals surface area (Å²) < 4.78 is 15.9. The summed E-state index contributed by atoms with van der Waals surface area (Å²) >= 11 is 0. The molecular formula is C14H23NO3. The molecule has 0 aliphatic carbocycles. The van der Waals surface area contributed by atoms with Gasteiger partial charge in [-0.05, 0) is 19.0 Å². The van der Waals surface area contributed by atoms with Gasteiger partial charge >= 0.3 is 0 Å². The number of benzene rings is 1. The number of rotatable bonds is 8. The first-order valence-electron chi connectivity index (χ1n) is 6.26. The molecule has 1 aromatic rings. The second-order valence-corrected chi connectivity index (χ2v) is 4.05. The van der Waals surface area contributed by atoms with E-state index >= 15 is 0 Å². The maximum Gasteiger partial charge on any atom is 0.164 e. The van der Waals surface area contributed by atoms with E-state index in [-0.39, 0.29) is 0 Å².